The fraction of sp³-hybridized carbons (Fsp3) is 0.550. The summed E-state index contributed by atoms with van der Waals surface area (Å²) >= 11 is 0. The topological polar surface area (TPSA) is 32.3 Å². The van der Waals surface area contributed by atoms with E-state index in [1.54, 1.807) is 13.0 Å². The Morgan fingerprint density at radius 2 is 2.08 bits per heavy atom. The van der Waals surface area contributed by atoms with Crippen molar-refractivity contribution in [3.8, 4) is 0 Å². The molecule has 0 radical (unpaired) electrons. The molecule has 0 saturated heterocycles. The normalized spacial score (nSPS) is 16.2. The van der Waals surface area contributed by atoms with Crippen LogP contribution in [0, 0.1) is 18.7 Å². The van der Waals surface area contributed by atoms with E-state index in [1.165, 1.54) is 0 Å². The summed E-state index contributed by atoms with van der Waals surface area (Å²) in [6.07, 6.45) is 2.81. The van der Waals surface area contributed by atoms with Crippen molar-refractivity contribution in [3.63, 3.8) is 0 Å². The van der Waals surface area contributed by atoms with Gasteiger partial charge in [-0.25, -0.2) is 4.39 Å². The first-order chi connectivity index (χ1) is 11.2. The highest BCUT2D eigenvalue weighted by molar-refractivity contribution is 5.85. The van der Waals surface area contributed by atoms with E-state index in [9.17, 15) is 9.18 Å². The van der Waals surface area contributed by atoms with Crippen molar-refractivity contribution in [2.75, 3.05) is 19.6 Å². The number of rotatable bonds is 5. The summed E-state index contributed by atoms with van der Waals surface area (Å²) in [5, 5.41) is 3.02. The fourth-order valence-corrected chi connectivity index (χ4v) is 2.97. The first kappa shape index (κ1) is 18.7. The SMILES string of the molecule is Cc1cccc(C2=CCN(C(C)(C)C(=O)NCC(C)C)CC2)c1F. The Bertz CT molecular complexity index is 635. The second-order valence-corrected chi connectivity index (χ2v) is 7.52. The summed E-state index contributed by atoms with van der Waals surface area (Å²) in [5.74, 6) is 0.350. The van der Waals surface area contributed by atoms with Crippen molar-refractivity contribution < 1.29 is 9.18 Å². The number of aryl methyl sites for hydroxylation is 1. The second-order valence-electron chi connectivity index (χ2n) is 7.52. The lowest BCUT2D eigenvalue weighted by Crippen LogP contribution is -2.56. The van der Waals surface area contributed by atoms with Gasteiger partial charge < -0.3 is 5.32 Å². The summed E-state index contributed by atoms with van der Waals surface area (Å²) < 4.78 is 14.3. The van der Waals surface area contributed by atoms with Crippen LogP contribution < -0.4 is 5.32 Å². The van der Waals surface area contributed by atoms with Crippen LogP contribution >= 0.6 is 0 Å². The minimum atomic E-state index is -0.567. The van der Waals surface area contributed by atoms with Crippen LogP contribution in [0.4, 0.5) is 4.39 Å². The molecule has 0 unspecified atom stereocenters. The molecule has 3 nitrogen and oxygen atoms in total. The fourth-order valence-electron chi connectivity index (χ4n) is 2.97. The summed E-state index contributed by atoms with van der Waals surface area (Å²) in [5.41, 5.74) is 1.83. The second kappa shape index (κ2) is 7.47. The van der Waals surface area contributed by atoms with E-state index in [1.807, 2.05) is 26.0 Å². The third-order valence-corrected chi connectivity index (χ3v) is 4.76. The molecule has 1 amide bonds. The van der Waals surface area contributed by atoms with Gasteiger partial charge in [0, 0.05) is 25.2 Å². The van der Waals surface area contributed by atoms with Gasteiger partial charge in [-0.3, -0.25) is 9.69 Å². The molecule has 0 aliphatic carbocycles. The van der Waals surface area contributed by atoms with E-state index in [2.05, 4.69) is 30.1 Å². The highest BCUT2D eigenvalue weighted by atomic mass is 19.1. The molecule has 0 fully saturated rings. The zero-order valence-corrected chi connectivity index (χ0v) is 15.4. The third kappa shape index (κ3) is 4.04. The van der Waals surface area contributed by atoms with Crippen LogP contribution in [0.25, 0.3) is 5.57 Å². The van der Waals surface area contributed by atoms with E-state index in [0.717, 1.165) is 18.5 Å². The van der Waals surface area contributed by atoms with Crippen LogP contribution in [0.1, 0.15) is 45.2 Å². The van der Waals surface area contributed by atoms with Crippen molar-refractivity contribution >= 4 is 11.5 Å². The number of carbonyl (C=O) groups excluding carboxylic acids is 1. The Labute approximate surface area is 144 Å². The molecule has 0 saturated carbocycles. The molecule has 2 rings (SSSR count). The minimum absolute atomic E-state index is 0.0507. The lowest BCUT2D eigenvalue weighted by molar-refractivity contribution is -0.131. The van der Waals surface area contributed by atoms with Crippen LogP contribution in [-0.2, 0) is 4.79 Å². The molecule has 1 aromatic rings. The van der Waals surface area contributed by atoms with Gasteiger partial charge in [0.05, 0.1) is 5.54 Å². The third-order valence-electron chi connectivity index (χ3n) is 4.76. The average Bonchev–Trinajstić information content (AvgIpc) is 2.55. The molecule has 132 valence electrons. The largest absolute Gasteiger partial charge is 0.354 e. The van der Waals surface area contributed by atoms with Crippen LogP contribution in [0.3, 0.4) is 0 Å². The Morgan fingerprint density at radius 1 is 1.38 bits per heavy atom. The lowest BCUT2D eigenvalue weighted by atomic mass is 9.93. The zero-order valence-electron chi connectivity index (χ0n) is 15.4. The average molecular weight is 332 g/mol. The summed E-state index contributed by atoms with van der Waals surface area (Å²) in [6.45, 7) is 12.0. The first-order valence-corrected chi connectivity index (χ1v) is 8.71. The predicted octanol–water partition coefficient (Wildman–Crippen LogP) is 3.77. The van der Waals surface area contributed by atoms with Crippen LogP contribution in [-0.4, -0.2) is 36.0 Å². The standard InChI is InChI=1S/C20H29FN2O/c1-14(2)13-22-19(24)20(4,5)23-11-9-16(10-12-23)17-8-6-7-15(3)18(17)21/h6-9,14H,10-13H2,1-5H3,(H,22,24). The molecule has 1 heterocycles. The Hall–Kier alpha value is -1.68. The maximum Gasteiger partial charge on any atom is 0.239 e. The van der Waals surface area contributed by atoms with Crippen molar-refractivity contribution in [3.05, 3.63) is 41.2 Å². The van der Waals surface area contributed by atoms with E-state index >= 15 is 0 Å². The van der Waals surface area contributed by atoms with Gasteiger partial charge in [-0.1, -0.05) is 38.1 Å². The molecule has 0 atom stereocenters. The quantitative estimate of drug-likeness (QED) is 0.890. The summed E-state index contributed by atoms with van der Waals surface area (Å²) in [6, 6.07) is 5.52. The van der Waals surface area contributed by atoms with Crippen molar-refractivity contribution in [2.24, 2.45) is 5.92 Å². The number of nitrogens with one attached hydrogen (secondary N) is 1. The van der Waals surface area contributed by atoms with Crippen molar-refractivity contribution in [1.29, 1.82) is 0 Å². The highest BCUT2D eigenvalue weighted by Crippen LogP contribution is 2.29. The molecule has 1 N–H and O–H groups in total. The van der Waals surface area contributed by atoms with Crippen molar-refractivity contribution in [1.82, 2.24) is 10.2 Å². The molecule has 1 aromatic carbocycles. The van der Waals surface area contributed by atoms with Gasteiger partial charge in [-0.2, -0.15) is 0 Å². The Kier molecular flexibility index (Phi) is 5.81. The number of hydrogen-bond donors (Lipinski definition) is 1. The van der Waals surface area contributed by atoms with E-state index < -0.39 is 5.54 Å². The number of nitrogens with zero attached hydrogens (tertiary/aromatic N) is 1. The number of hydrogen-bond acceptors (Lipinski definition) is 2. The summed E-state index contributed by atoms with van der Waals surface area (Å²) in [4.78, 5) is 14.6. The van der Waals surface area contributed by atoms with E-state index in [0.29, 0.717) is 30.1 Å². The van der Waals surface area contributed by atoms with Gasteiger partial charge in [0.2, 0.25) is 5.91 Å². The smallest absolute Gasteiger partial charge is 0.239 e. The maximum atomic E-state index is 14.3. The predicted molar refractivity (Wildman–Crippen MR) is 97.2 cm³/mol. The molecule has 0 bridgehead atoms. The molecule has 4 heteroatoms. The van der Waals surface area contributed by atoms with Crippen molar-refractivity contribution in [2.45, 2.75) is 46.6 Å². The highest BCUT2D eigenvalue weighted by Gasteiger charge is 2.35. The lowest BCUT2D eigenvalue weighted by Gasteiger charge is -2.39. The number of amides is 1. The van der Waals surface area contributed by atoms with E-state index in [-0.39, 0.29) is 11.7 Å². The molecule has 1 aliphatic heterocycles. The summed E-state index contributed by atoms with van der Waals surface area (Å²) in [7, 11) is 0. The first-order valence-electron chi connectivity index (χ1n) is 8.71. The molecular formula is C20H29FN2O. The van der Waals surface area contributed by atoms with Crippen LogP contribution in [0.5, 0.6) is 0 Å². The number of benzene rings is 1. The Balaban J connectivity index is 2.08. The van der Waals surface area contributed by atoms with Gasteiger partial charge in [0.15, 0.2) is 0 Å². The monoisotopic (exact) mass is 332 g/mol. The van der Waals surface area contributed by atoms with Gasteiger partial charge in [0.25, 0.3) is 0 Å². The van der Waals surface area contributed by atoms with E-state index in [4.69, 9.17) is 0 Å². The molecule has 0 aromatic heterocycles. The van der Waals surface area contributed by atoms with Gasteiger partial charge >= 0.3 is 0 Å². The number of halogens is 1. The number of carbonyl (C=O) groups is 1. The molecule has 0 spiro atoms. The van der Waals surface area contributed by atoms with Crippen LogP contribution in [0.2, 0.25) is 0 Å². The zero-order chi connectivity index (χ0) is 17.9. The minimum Gasteiger partial charge on any atom is -0.354 e. The van der Waals surface area contributed by atoms with Gasteiger partial charge in [-0.05, 0) is 44.2 Å². The molecule has 24 heavy (non-hydrogen) atoms. The maximum absolute atomic E-state index is 14.3. The van der Waals surface area contributed by atoms with Gasteiger partial charge in [0.1, 0.15) is 5.82 Å². The van der Waals surface area contributed by atoms with Gasteiger partial charge in [-0.15, -0.1) is 0 Å². The Morgan fingerprint density at radius 3 is 2.67 bits per heavy atom. The molecule has 1 aliphatic rings. The molecular weight excluding hydrogens is 303 g/mol. The van der Waals surface area contributed by atoms with Crippen LogP contribution in [0.15, 0.2) is 24.3 Å².